The molecule has 0 fully saturated rings. The Hall–Kier alpha value is -1.38. The highest BCUT2D eigenvalue weighted by Gasteiger charge is 2.17. The standard InChI is InChI=1S/C8H7ClN4O2S2/c9-6-1-2-11-8(12-6)13-17(14,15)7-3-5(10)4-16-7/h1-4H,10H2,(H,11,12,13). The number of thiophene rings is 1. The number of aromatic nitrogens is 2. The number of rotatable bonds is 3. The van der Waals surface area contributed by atoms with Crippen LogP contribution >= 0.6 is 22.9 Å². The second-order valence-electron chi connectivity index (χ2n) is 3.01. The highest BCUT2D eigenvalue weighted by atomic mass is 35.5. The van der Waals surface area contributed by atoms with Crippen LogP contribution in [0.4, 0.5) is 11.6 Å². The van der Waals surface area contributed by atoms with E-state index in [1.54, 1.807) is 0 Å². The van der Waals surface area contributed by atoms with Crippen LogP contribution in [0.2, 0.25) is 5.15 Å². The summed E-state index contributed by atoms with van der Waals surface area (Å²) < 4.78 is 26.0. The van der Waals surface area contributed by atoms with Gasteiger partial charge in [-0.25, -0.2) is 23.1 Å². The van der Waals surface area contributed by atoms with Crippen molar-refractivity contribution >= 4 is 44.6 Å². The molecule has 0 saturated heterocycles. The SMILES string of the molecule is Nc1csc(S(=O)(=O)Nc2nccc(Cl)n2)c1. The Morgan fingerprint density at radius 3 is 2.82 bits per heavy atom. The number of nitrogen functional groups attached to an aromatic ring is 1. The largest absolute Gasteiger partial charge is 0.398 e. The molecule has 0 spiro atoms. The zero-order valence-electron chi connectivity index (χ0n) is 8.29. The molecule has 90 valence electrons. The van der Waals surface area contributed by atoms with Crippen molar-refractivity contribution in [2.24, 2.45) is 0 Å². The first-order valence-electron chi connectivity index (χ1n) is 4.33. The number of anilines is 2. The van der Waals surface area contributed by atoms with E-state index < -0.39 is 10.0 Å². The van der Waals surface area contributed by atoms with E-state index in [2.05, 4.69) is 14.7 Å². The smallest absolute Gasteiger partial charge is 0.273 e. The summed E-state index contributed by atoms with van der Waals surface area (Å²) in [5, 5.41) is 1.69. The average Bonchev–Trinajstić information content (AvgIpc) is 2.65. The topological polar surface area (TPSA) is 98.0 Å². The molecule has 0 aromatic carbocycles. The van der Waals surface area contributed by atoms with Crippen molar-refractivity contribution in [2.75, 3.05) is 10.5 Å². The number of nitrogens with zero attached hydrogens (tertiary/aromatic N) is 2. The Kier molecular flexibility index (Phi) is 3.18. The lowest BCUT2D eigenvalue weighted by atomic mass is 10.6. The summed E-state index contributed by atoms with van der Waals surface area (Å²) in [6, 6.07) is 2.81. The highest BCUT2D eigenvalue weighted by Crippen LogP contribution is 2.23. The maximum atomic E-state index is 11.8. The van der Waals surface area contributed by atoms with Crippen LogP contribution in [0.15, 0.2) is 27.9 Å². The molecule has 0 aliphatic heterocycles. The molecule has 0 aliphatic carbocycles. The van der Waals surface area contributed by atoms with Gasteiger partial charge >= 0.3 is 0 Å². The molecule has 0 saturated carbocycles. The van der Waals surface area contributed by atoms with E-state index in [4.69, 9.17) is 17.3 Å². The van der Waals surface area contributed by atoms with E-state index in [9.17, 15) is 8.42 Å². The van der Waals surface area contributed by atoms with Gasteiger partial charge in [-0.2, -0.15) is 0 Å². The molecule has 0 radical (unpaired) electrons. The van der Waals surface area contributed by atoms with Crippen molar-refractivity contribution in [3.63, 3.8) is 0 Å². The minimum atomic E-state index is -3.70. The van der Waals surface area contributed by atoms with Crippen LogP contribution in [-0.2, 0) is 10.0 Å². The van der Waals surface area contributed by atoms with Crippen molar-refractivity contribution in [3.8, 4) is 0 Å². The number of nitrogens with one attached hydrogen (secondary N) is 1. The molecule has 0 unspecified atom stereocenters. The molecule has 3 N–H and O–H groups in total. The zero-order valence-corrected chi connectivity index (χ0v) is 10.7. The van der Waals surface area contributed by atoms with Gasteiger partial charge in [-0.05, 0) is 12.1 Å². The van der Waals surface area contributed by atoms with Crippen molar-refractivity contribution in [3.05, 3.63) is 28.9 Å². The van der Waals surface area contributed by atoms with E-state index in [0.717, 1.165) is 11.3 Å². The molecule has 9 heteroatoms. The summed E-state index contributed by atoms with van der Waals surface area (Å²) in [5.74, 6) is -0.0792. The predicted octanol–water partition coefficient (Wildman–Crippen LogP) is 1.57. The lowest BCUT2D eigenvalue weighted by molar-refractivity contribution is 0.602. The van der Waals surface area contributed by atoms with Gasteiger partial charge in [0.1, 0.15) is 9.36 Å². The first kappa shape index (κ1) is 12.1. The third kappa shape index (κ3) is 2.84. The first-order chi connectivity index (χ1) is 7.97. The quantitative estimate of drug-likeness (QED) is 0.836. The summed E-state index contributed by atoms with van der Waals surface area (Å²) in [7, 11) is -3.70. The normalized spacial score (nSPS) is 11.4. The Morgan fingerprint density at radius 1 is 1.47 bits per heavy atom. The van der Waals surface area contributed by atoms with Crippen LogP contribution in [0.1, 0.15) is 0 Å². The van der Waals surface area contributed by atoms with Gasteiger partial charge in [0.25, 0.3) is 10.0 Å². The number of sulfonamides is 1. The number of halogens is 1. The van der Waals surface area contributed by atoms with Crippen LogP contribution in [0, 0.1) is 0 Å². The minimum Gasteiger partial charge on any atom is -0.398 e. The van der Waals surface area contributed by atoms with Crippen LogP contribution in [-0.4, -0.2) is 18.4 Å². The fraction of sp³-hybridized carbons (Fsp3) is 0. The third-order valence-corrected chi connectivity index (χ3v) is 4.70. The van der Waals surface area contributed by atoms with Crippen LogP contribution in [0.5, 0.6) is 0 Å². The van der Waals surface area contributed by atoms with Crippen LogP contribution in [0.25, 0.3) is 0 Å². The van der Waals surface area contributed by atoms with E-state index in [0.29, 0.717) is 5.69 Å². The van der Waals surface area contributed by atoms with E-state index in [1.165, 1.54) is 23.7 Å². The van der Waals surface area contributed by atoms with Gasteiger partial charge in [0, 0.05) is 17.3 Å². The lowest BCUT2D eigenvalue weighted by Gasteiger charge is -2.03. The molecule has 6 nitrogen and oxygen atoms in total. The molecule has 2 aromatic rings. The molecule has 0 aliphatic rings. The maximum absolute atomic E-state index is 11.8. The Balaban J connectivity index is 2.29. The number of hydrogen-bond donors (Lipinski definition) is 2. The molecule has 2 rings (SSSR count). The van der Waals surface area contributed by atoms with Crippen molar-refractivity contribution < 1.29 is 8.42 Å². The lowest BCUT2D eigenvalue weighted by Crippen LogP contribution is -2.13. The van der Waals surface area contributed by atoms with Gasteiger partial charge < -0.3 is 5.73 Å². The average molecular weight is 291 g/mol. The van der Waals surface area contributed by atoms with Crippen LogP contribution < -0.4 is 10.5 Å². The van der Waals surface area contributed by atoms with Crippen molar-refractivity contribution in [1.82, 2.24) is 9.97 Å². The van der Waals surface area contributed by atoms with Crippen molar-refractivity contribution in [2.45, 2.75) is 4.21 Å². The number of nitrogens with two attached hydrogens (primary N) is 1. The van der Waals surface area contributed by atoms with Crippen molar-refractivity contribution in [1.29, 1.82) is 0 Å². The third-order valence-electron chi connectivity index (χ3n) is 1.71. The summed E-state index contributed by atoms with van der Waals surface area (Å²) in [6.07, 6.45) is 1.36. The maximum Gasteiger partial charge on any atom is 0.273 e. The zero-order chi connectivity index (χ0) is 12.5. The minimum absolute atomic E-state index is 0.0792. The fourth-order valence-electron chi connectivity index (χ4n) is 1.03. The van der Waals surface area contributed by atoms with E-state index in [-0.39, 0.29) is 15.3 Å². The Bertz CT molecular complexity index is 640. The van der Waals surface area contributed by atoms with Gasteiger partial charge in [0.05, 0.1) is 0 Å². The molecular formula is C8H7ClN4O2S2. The second-order valence-corrected chi connectivity index (χ2v) is 6.22. The van der Waals surface area contributed by atoms with Gasteiger partial charge in [0.15, 0.2) is 0 Å². The molecule has 17 heavy (non-hydrogen) atoms. The van der Waals surface area contributed by atoms with Gasteiger partial charge in [0.2, 0.25) is 5.95 Å². The summed E-state index contributed by atoms with van der Waals surface area (Å²) in [5.41, 5.74) is 5.85. The molecular weight excluding hydrogens is 284 g/mol. The fourth-order valence-corrected chi connectivity index (χ4v) is 3.19. The molecule has 0 bridgehead atoms. The first-order valence-corrected chi connectivity index (χ1v) is 7.07. The predicted molar refractivity (Wildman–Crippen MR) is 66.6 cm³/mol. The molecule has 2 aromatic heterocycles. The number of hydrogen-bond acceptors (Lipinski definition) is 6. The van der Waals surface area contributed by atoms with E-state index in [1.807, 2.05) is 0 Å². The van der Waals surface area contributed by atoms with Gasteiger partial charge in [-0.15, -0.1) is 11.3 Å². The summed E-state index contributed by atoms with van der Waals surface area (Å²) in [6.45, 7) is 0. The monoisotopic (exact) mass is 290 g/mol. The summed E-state index contributed by atoms with van der Waals surface area (Å²) in [4.78, 5) is 7.47. The summed E-state index contributed by atoms with van der Waals surface area (Å²) >= 11 is 6.64. The second kappa shape index (κ2) is 4.47. The van der Waals surface area contributed by atoms with Gasteiger partial charge in [-0.1, -0.05) is 11.6 Å². The Morgan fingerprint density at radius 2 is 2.24 bits per heavy atom. The highest BCUT2D eigenvalue weighted by molar-refractivity contribution is 7.94. The molecule has 0 atom stereocenters. The van der Waals surface area contributed by atoms with Crippen LogP contribution in [0.3, 0.4) is 0 Å². The molecule has 2 heterocycles. The van der Waals surface area contributed by atoms with Gasteiger partial charge in [-0.3, -0.25) is 0 Å². The Labute approximate surface area is 107 Å². The van der Waals surface area contributed by atoms with E-state index >= 15 is 0 Å². The molecule has 0 amide bonds.